The number of piperidine rings is 1. The molecule has 1 N–H and O–H groups in total. The Morgan fingerprint density at radius 3 is 2.48 bits per heavy atom. The van der Waals surface area contributed by atoms with E-state index in [0.717, 1.165) is 51.7 Å². The Balaban J connectivity index is 1.66. The summed E-state index contributed by atoms with van der Waals surface area (Å²) in [5.74, 6) is 1.55. The Bertz CT molecular complexity index is 647. The molecule has 3 rings (SSSR count). The fourth-order valence-electron chi connectivity index (χ4n) is 4.82. The predicted molar refractivity (Wildman–Crippen MR) is 117 cm³/mol. The minimum atomic E-state index is -0.332. The number of rotatable bonds is 7. The molecule has 0 radical (unpaired) electrons. The molecule has 0 aromatic carbocycles. The molecule has 0 saturated carbocycles. The van der Waals surface area contributed by atoms with Gasteiger partial charge in [-0.2, -0.15) is 0 Å². The molecule has 2 saturated heterocycles. The lowest BCUT2D eigenvalue weighted by Gasteiger charge is -2.42. The second-order valence-corrected chi connectivity index (χ2v) is 9.62. The molecule has 0 spiro atoms. The van der Waals surface area contributed by atoms with Crippen molar-refractivity contribution < 1.29 is 9.59 Å². The average molecular weight is 403 g/mol. The lowest BCUT2D eigenvalue weighted by molar-refractivity contribution is -0.150. The summed E-state index contributed by atoms with van der Waals surface area (Å²) in [6.07, 6.45) is 8.47. The second-order valence-electron chi connectivity index (χ2n) is 9.62. The number of amides is 2. The van der Waals surface area contributed by atoms with Crippen LogP contribution in [-0.4, -0.2) is 65.6 Å². The highest BCUT2D eigenvalue weighted by Crippen LogP contribution is 2.26. The molecule has 0 aliphatic carbocycles. The molecule has 0 aromatic heterocycles. The van der Waals surface area contributed by atoms with Crippen molar-refractivity contribution in [1.82, 2.24) is 15.1 Å². The number of carbonyl (C=O) groups excluding carboxylic acids is 2. The molecule has 2 atom stereocenters. The van der Waals surface area contributed by atoms with Crippen molar-refractivity contribution in [2.24, 2.45) is 22.7 Å². The van der Waals surface area contributed by atoms with Crippen molar-refractivity contribution in [1.29, 1.82) is 0 Å². The van der Waals surface area contributed by atoms with Gasteiger partial charge in [-0.1, -0.05) is 33.8 Å². The van der Waals surface area contributed by atoms with Crippen molar-refractivity contribution in [3.8, 4) is 0 Å². The van der Waals surface area contributed by atoms with Crippen molar-refractivity contribution in [2.75, 3.05) is 26.2 Å². The molecular formula is C23H38N4O2. The van der Waals surface area contributed by atoms with Gasteiger partial charge in [0.1, 0.15) is 6.04 Å². The molecule has 0 bridgehead atoms. The van der Waals surface area contributed by atoms with E-state index in [1.807, 2.05) is 16.0 Å². The normalized spacial score (nSPS) is 24.6. The van der Waals surface area contributed by atoms with Crippen LogP contribution in [0.5, 0.6) is 0 Å². The van der Waals surface area contributed by atoms with Crippen LogP contribution in [0.25, 0.3) is 0 Å². The largest absolute Gasteiger partial charge is 0.341 e. The minimum absolute atomic E-state index is 0.102. The van der Waals surface area contributed by atoms with Gasteiger partial charge in [-0.3, -0.25) is 14.6 Å². The van der Waals surface area contributed by atoms with Crippen molar-refractivity contribution in [3.63, 3.8) is 0 Å². The number of nitrogens with zero attached hydrogens (tertiary/aromatic N) is 3. The minimum Gasteiger partial charge on any atom is -0.341 e. The number of hydrogen-bond donors (Lipinski definition) is 1. The van der Waals surface area contributed by atoms with Crippen molar-refractivity contribution in [2.45, 2.75) is 71.9 Å². The number of likely N-dealkylation sites (tertiary alicyclic amines) is 1. The number of aliphatic imine (C=N–C) groups is 1. The van der Waals surface area contributed by atoms with Gasteiger partial charge in [0.25, 0.3) is 0 Å². The lowest BCUT2D eigenvalue weighted by Crippen LogP contribution is -2.62. The first-order chi connectivity index (χ1) is 13.9. The SMILES string of the molecule is CC(C)C[C@@H]1NCCN([C@@H](CC(C)C)C(=O)N2CCC(C3=NC=CC3)CC2)C1=O. The van der Waals surface area contributed by atoms with Crippen LogP contribution in [0.2, 0.25) is 0 Å². The molecule has 162 valence electrons. The summed E-state index contributed by atoms with van der Waals surface area (Å²) < 4.78 is 0. The molecule has 3 aliphatic heterocycles. The molecule has 29 heavy (non-hydrogen) atoms. The van der Waals surface area contributed by atoms with E-state index in [9.17, 15) is 9.59 Å². The number of allylic oxidation sites excluding steroid dienone is 1. The molecule has 3 aliphatic rings. The first-order valence-electron chi connectivity index (χ1n) is 11.4. The molecule has 6 nitrogen and oxygen atoms in total. The third-order valence-electron chi connectivity index (χ3n) is 6.34. The molecule has 2 amide bonds. The molecule has 0 unspecified atom stereocenters. The van der Waals surface area contributed by atoms with Gasteiger partial charge in [0.05, 0.1) is 6.04 Å². The molecular weight excluding hydrogens is 364 g/mol. The molecule has 6 heteroatoms. The zero-order valence-electron chi connectivity index (χ0n) is 18.6. The molecule has 3 heterocycles. The number of hydrogen-bond acceptors (Lipinski definition) is 4. The van der Waals surface area contributed by atoms with Crippen molar-refractivity contribution in [3.05, 3.63) is 12.3 Å². The van der Waals surface area contributed by atoms with Crippen LogP contribution < -0.4 is 5.32 Å². The Morgan fingerprint density at radius 1 is 1.17 bits per heavy atom. The maximum Gasteiger partial charge on any atom is 0.245 e. The summed E-state index contributed by atoms with van der Waals surface area (Å²) in [4.78, 5) is 35.0. The van der Waals surface area contributed by atoms with Crippen molar-refractivity contribution >= 4 is 17.5 Å². The topological polar surface area (TPSA) is 65.0 Å². The van der Waals surface area contributed by atoms with E-state index in [1.165, 1.54) is 5.71 Å². The molecule has 0 aromatic rings. The smallest absolute Gasteiger partial charge is 0.245 e. The van der Waals surface area contributed by atoms with E-state index in [0.29, 0.717) is 24.3 Å². The van der Waals surface area contributed by atoms with Crippen LogP contribution in [0.4, 0.5) is 0 Å². The zero-order chi connectivity index (χ0) is 21.0. The Morgan fingerprint density at radius 2 is 1.90 bits per heavy atom. The predicted octanol–water partition coefficient (Wildman–Crippen LogP) is 2.84. The first kappa shape index (κ1) is 22.0. The van der Waals surface area contributed by atoms with E-state index >= 15 is 0 Å². The summed E-state index contributed by atoms with van der Waals surface area (Å²) in [5, 5.41) is 3.36. The standard InChI is InChI=1S/C23H38N4O2/c1-16(2)14-20-22(28)27(13-10-25-20)21(15-17(3)4)23(29)26-11-7-18(8-12-26)19-6-5-9-24-19/h5,9,16-18,20-21,25H,6-8,10-15H2,1-4H3/t20-,21-/m0/s1. The summed E-state index contributed by atoms with van der Waals surface area (Å²) in [6.45, 7) is 11.5. The summed E-state index contributed by atoms with van der Waals surface area (Å²) in [7, 11) is 0. The zero-order valence-corrected chi connectivity index (χ0v) is 18.6. The monoisotopic (exact) mass is 402 g/mol. The van der Waals surface area contributed by atoms with Crippen LogP contribution >= 0.6 is 0 Å². The van der Waals surface area contributed by atoms with Crippen LogP contribution in [0, 0.1) is 17.8 Å². The highest BCUT2D eigenvalue weighted by molar-refractivity contribution is 5.92. The summed E-state index contributed by atoms with van der Waals surface area (Å²) in [6, 6.07) is -0.494. The van der Waals surface area contributed by atoms with E-state index in [4.69, 9.17) is 0 Å². The second kappa shape index (κ2) is 9.88. The van der Waals surface area contributed by atoms with Gasteiger partial charge in [0.15, 0.2) is 0 Å². The van der Waals surface area contributed by atoms with Gasteiger partial charge in [-0.25, -0.2) is 0 Å². The van der Waals surface area contributed by atoms with Gasteiger partial charge < -0.3 is 15.1 Å². The third-order valence-corrected chi connectivity index (χ3v) is 6.34. The highest BCUT2D eigenvalue weighted by Gasteiger charge is 2.39. The van der Waals surface area contributed by atoms with Gasteiger partial charge >= 0.3 is 0 Å². The Kier molecular flexibility index (Phi) is 7.49. The van der Waals surface area contributed by atoms with Gasteiger partial charge in [0, 0.05) is 50.4 Å². The maximum absolute atomic E-state index is 13.5. The van der Waals surface area contributed by atoms with E-state index < -0.39 is 0 Å². The van der Waals surface area contributed by atoms with Gasteiger partial charge in [-0.15, -0.1) is 0 Å². The van der Waals surface area contributed by atoms with E-state index in [2.05, 4.69) is 44.1 Å². The number of piperazine rings is 1. The number of nitrogens with one attached hydrogen (secondary N) is 1. The lowest BCUT2D eigenvalue weighted by atomic mass is 9.89. The Hall–Kier alpha value is -1.69. The summed E-state index contributed by atoms with van der Waals surface area (Å²) >= 11 is 0. The van der Waals surface area contributed by atoms with Gasteiger partial charge in [0.2, 0.25) is 11.8 Å². The van der Waals surface area contributed by atoms with Crippen LogP contribution in [0.1, 0.15) is 59.8 Å². The van der Waals surface area contributed by atoms with Gasteiger partial charge in [-0.05, 0) is 37.5 Å². The van der Waals surface area contributed by atoms with Crippen LogP contribution in [-0.2, 0) is 9.59 Å². The quantitative estimate of drug-likeness (QED) is 0.712. The fraction of sp³-hybridized carbons (Fsp3) is 0.783. The van der Waals surface area contributed by atoms with Crippen LogP contribution in [0.3, 0.4) is 0 Å². The maximum atomic E-state index is 13.5. The molecule has 2 fully saturated rings. The summed E-state index contributed by atoms with van der Waals surface area (Å²) in [5.41, 5.74) is 1.27. The third kappa shape index (κ3) is 5.47. The highest BCUT2D eigenvalue weighted by atomic mass is 16.2. The first-order valence-corrected chi connectivity index (χ1v) is 11.4. The average Bonchev–Trinajstić information content (AvgIpc) is 3.22. The Labute approximate surface area is 175 Å². The van der Waals surface area contributed by atoms with Crippen LogP contribution in [0.15, 0.2) is 17.3 Å². The van der Waals surface area contributed by atoms with E-state index in [-0.39, 0.29) is 23.9 Å². The van der Waals surface area contributed by atoms with E-state index in [1.54, 1.807) is 0 Å². The fourth-order valence-corrected chi connectivity index (χ4v) is 4.82. The number of carbonyl (C=O) groups is 2.